The smallest absolute Gasteiger partial charge is 0.126 e. The summed E-state index contributed by atoms with van der Waals surface area (Å²) in [7, 11) is 0. The van der Waals surface area contributed by atoms with Crippen LogP contribution in [0.3, 0.4) is 0 Å². The molecule has 0 N–H and O–H groups in total. The molecule has 0 heterocycles. The Morgan fingerprint density at radius 2 is 2.18 bits per heavy atom. The summed E-state index contributed by atoms with van der Waals surface area (Å²) in [6.45, 7) is 1.68. The average Bonchev–Trinajstić information content (AvgIpc) is 1.96. The minimum Gasteiger partial charge on any atom is -0.207 e. The van der Waals surface area contributed by atoms with E-state index in [1.54, 1.807) is 6.92 Å². The third-order valence-electron chi connectivity index (χ3n) is 1.43. The van der Waals surface area contributed by atoms with Crippen molar-refractivity contribution in [1.82, 2.24) is 0 Å². The van der Waals surface area contributed by atoms with Crippen LogP contribution in [0, 0.1) is 24.1 Å². The van der Waals surface area contributed by atoms with E-state index in [1.165, 1.54) is 12.1 Å². The summed E-state index contributed by atoms with van der Waals surface area (Å²) >= 11 is 5.61. The highest BCUT2D eigenvalue weighted by Crippen LogP contribution is 2.19. The monoisotopic (exact) mass is 169 g/mol. The lowest BCUT2D eigenvalue weighted by atomic mass is 10.1. The fourth-order valence-corrected chi connectivity index (χ4v) is 0.968. The van der Waals surface area contributed by atoms with Crippen molar-refractivity contribution >= 4 is 11.6 Å². The Bertz CT molecular complexity index is 328. The molecule has 0 aliphatic carbocycles. The van der Waals surface area contributed by atoms with Crippen LogP contribution in [0.2, 0.25) is 5.02 Å². The molecule has 3 heteroatoms. The fraction of sp³-hybridized carbons (Fsp3) is 0.125. The van der Waals surface area contributed by atoms with Crippen LogP contribution in [0.4, 0.5) is 4.39 Å². The second-order valence-corrected chi connectivity index (χ2v) is 2.58. The van der Waals surface area contributed by atoms with E-state index in [0.29, 0.717) is 10.6 Å². The molecule has 0 saturated carbocycles. The summed E-state index contributed by atoms with van der Waals surface area (Å²) < 4.78 is 12.6. The Balaban J connectivity index is 3.39. The maximum atomic E-state index is 12.6. The van der Waals surface area contributed by atoms with E-state index in [4.69, 9.17) is 16.9 Å². The highest BCUT2D eigenvalue weighted by molar-refractivity contribution is 6.31. The zero-order valence-corrected chi connectivity index (χ0v) is 6.61. The predicted octanol–water partition coefficient (Wildman–Crippen LogP) is 2.66. The zero-order valence-electron chi connectivity index (χ0n) is 5.86. The van der Waals surface area contributed by atoms with Gasteiger partial charge in [-0.15, -0.1) is 0 Å². The quantitative estimate of drug-likeness (QED) is 0.586. The van der Waals surface area contributed by atoms with E-state index in [-0.39, 0.29) is 5.56 Å². The molecule has 0 aliphatic rings. The molecule has 1 aromatic rings. The maximum Gasteiger partial charge on any atom is 0.126 e. The summed E-state index contributed by atoms with van der Waals surface area (Å²) in [6.07, 6.45) is 0. The number of nitrogens with zero attached hydrogens (tertiary/aromatic N) is 1. The number of hydrogen-bond donors (Lipinski definition) is 0. The summed E-state index contributed by atoms with van der Waals surface area (Å²) in [5.41, 5.74) is 0.908. The van der Waals surface area contributed by atoms with Crippen LogP contribution in [0.5, 0.6) is 0 Å². The normalized spacial score (nSPS) is 9.27. The standard InChI is InChI=1S/C8H5ClFN/c1-5-6(4-11)2-7(10)3-8(5)9/h2-3H,1H3. The Morgan fingerprint density at radius 1 is 1.55 bits per heavy atom. The third-order valence-corrected chi connectivity index (χ3v) is 1.82. The molecule has 0 radical (unpaired) electrons. The van der Waals surface area contributed by atoms with Crippen LogP contribution in [0.1, 0.15) is 11.1 Å². The van der Waals surface area contributed by atoms with Crippen molar-refractivity contribution in [1.29, 1.82) is 5.26 Å². The molecule has 0 atom stereocenters. The highest BCUT2D eigenvalue weighted by Gasteiger charge is 2.03. The van der Waals surface area contributed by atoms with Gasteiger partial charge in [-0.3, -0.25) is 0 Å². The van der Waals surface area contributed by atoms with Crippen LogP contribution >= 0.6 is 11.6 Å². The largest absolute Gasteiger partial charge is 0.207 e. The second-order valence-electron chi connectivity index (χ2n) is 2.17. The molecule has 0 spiro atoms. The van der Waals surface area contributed by atoms with Crippen molar-refractivity contribution < 1.29 is 4.39 Å². The molecule has 0 bridgehead atoms. The van der Waals surface area contributed by atoms with E-state index in [0.717, 1.165) is 0 Å². The van der Waals surface area contributed by atoms with E-state index in [1.807, 2.05) is 6.07 Å². The number of halogens is 2. The van der Waals surface area contributed by atoms with Crippen LogP contribution in [-0.2, 0) is 0 Å². The van der Waals surface area contributed by atoms with Crippen molar-refractivity contribution in [2.75, 3.05) is 0 Å². The molecule has 1 aromatic carbocycles. The SMILES string of the molecule is Cc1c(Cl)cc(F)cc1C#N. The molecule has 11 heavy (non-hydrogen) atoms. The van der Waals surface area contributed by atoms with Crippen LogP contribution in [-0.4, -0.2) is 0 Å². The van der Waals surface area contributed by atoms with E-state index < -0.39 is 5.82 Å². The van der Waals surface area contributed by atoms with Crippen molar-refractivity contribution in [2.45, 2.75) is 6.92 Å². The van der Waals surface area contributed by atoms with Crippen LogP contribution < -0.4 is 0 Å². The molecule has 0 aliphatic heterocycles. The first-order chi connectivity index (χ1) is 5.15. The van der Waals surface area contributed by atoms with Gasteiger partial charge in [0.2, 0.25) is 0 Å². The fourth-order valence-electron chi connectivity index (χ4n) is 0.762. The predicted molar refractivity (Wildman–Crippen MR) is 40.9 cm³/mol. The van der Waals surface area contributed by atoms with Gasteiger partial charge in [-0.1, -0.05) is 11.6 Å². The van der Waals surface area contributed by atoms with Crippen molar-refractivity contribution in [3.8, 4) is 6.07 Å². The van der Waals surface area contributed by atoms with Crippen LogP contribution in [0.25, 0.3) is 0 Å². The molecule has 1 nitrogen and oxygen atoms in total. The summed E-state index contributed by atoms with van der Waals surface area (Å²) in [5, 5.41) is 8.79. The van der Waals surface area contributed by atoms with Gasteiger partial charge in [0.05, 0.1) is 11.6 Å². The summed E-state index contributed by atoms with van der Waals surface area (Å²) in [4.78, 5) is 0. The van der Waals surface area contributed by atoms with Gasteiger partial charge in [0, 0.05) is 5.02 Å². The minimum atomic E-state index is -0.475. The lowest BCUT2D eigenvalue weighted by Gasteiger charge is -1.98. The Morgan fingerprint density at radius 3 is 2.73 bits per heavy atom. The molecular formula is C8H5ClFN. The van der Waals surface area contributed by atoms with Crippen molar-refractivity contribution in [3.63, 3.8) is 0 Å². The van der Waals surface area contributed by atoms with E-state index in [9.17, 15) is 4.39 Å². The van der Waals surface area contributed by atoms with E-state index in [2.05, 4.69) is 0 Å². The Kier molecular flexibility index (Phi) is 2.11. The molecule has 56 valence electrons. The second kappa shape index (κ2) is 2.89. The summed E-state index contributed by atoms with van der Waals surface area (Å²) in [5.74, 6) is -0.475. The van der Waals surface area contributed by atoms with Crippen molar-refractivity contribution in [2.24, 2.45) is 0 Å². The molecule has 0 aromatic heterocycles. The van der Waals surface area contributed by atoms with Crippen LogP contribution in [0.15, 0.2) is 12.1 Å². The maximum absolute atomic E-state index is 12.6. The zero-order chi connectivity index (χ0) is 8.43. The average molecular weight is 170 g/mol. The van der Waals surface area contributed by atoms with Gasteiger partial charge in [-0.25, -0.2) is 4.39 Å². The Hall–Kier alpha value is -1.07. The summed E-state index contributed by atoms with van der Waals surface area (Å²) in [6, 6.07) is 4.21. The van der Waals surface area contributed by atoms with Crippen molar-refractivity contribution in [3.05, 3.63) is 34.1 Å². The number of rotatable bonds is 0. The van der Waals surface area contributed by atoms with Gasteiger partial charge in [-0.05, 0) is 24.6 Å². The molecule has 0 unspecified atom stereocenters. The minimum absolute atomic E-state index is 0.287. The topological polar surface area (TPSA) is 23.8 Å². The van der Waals surface area contributed by atoms with Gasteiger partial charge in [0.1, 0.15) is 5.82 Å². The first-order valence-corrected chi connectivity index (χ1v) is 3.38. The molecule has 0 fully saturated rings. The number of benzene rings is 1. The van der Waals surface area contributed by atoms with Gasteiger partial charge in [-0.2, -0.15) is 5.26 Å². The number of nitriles is 1. The molecule has 1 rings (SSSR count). The van der Waals surface area contributed by atoms with Gasteiger partial charge in [0.15, 0.2) is 0 Å². The third kappa shape index (κ3) is 1.50. The van der Waals surface area contributed by atoms with Gasteiger partial charge >= 0.3 is 0 Å². The van der Waals surface area contributed by atoms with Gasteiger partial charge in [0.25, 0.3) is 0 Å². The van der Waals surface area contributed by atoms with E-state index >= 15 is 0 Å². The van der Waals surface area contributed by atoms with Gasteiger partial charge < -0.3 is 0 Å². The molecular weight excluding hydrogens is 165 g/mol. The number of hydrogen-bond acceptors (Lipinski definition) is 1. The lowest BCUT2D eigenvalue weighted by Crippen LogP contribution is -1.85. The highest BCUT2D eigenvalue weighted by atomic mass is 35.5. The Labute approximate surface area is 69.0 Å². The first kappa shape index (κ1) is 8.03. The molecule has 0 saturated heterocycles. The first-order valence-electron chi connectivity index (χ1n) is 3.01. The molecule has 0 amide bonds. The lowest BCUT2D eigenvalue weighted by molar-refractivity contribution is 0.627.